The predicted octanol–water partition coefficient (Wildman–Crippen LogP) is 4.07. The van der Waals surface area contributed by atoms with Gasteiger partial charge in [0.05, 0.1) is 5.75 Å². The van der Waals surface area contributed by atoms with Gasteiger partial charge in [-0.1, -0.05) is 62.6 Å². The molecule has 6 nitrogen and oxygen atoms in total. The first-order chi connectivity index (χ1) is 12.7. The number of thioether (sulfide) groups is 1. The Morgan fingerprint density at radius 3 is 2.92 bits per heavy atom. The first kappa shape index (κ1) is 18.6. The van der Waals surface area contributed by atoms with Crippen molar-refractivity contribution in [2.24, 2.45) is 0 Å². The Labute approximate surface area is 157 Å². The molecule has 138 valence electrons. The highest BCUT2D eigenvalue weighted by atomic mass is 32.2. The number of fused-ring (bicyclic) bond motifs is 3. The van der Waals surface area contributed by atoms with Gasteiger partial charge in [0.2, 0.25) is 11.1 Å². The number of aromatic nitrogens is 4. The van der Waals surface area contributed by atoms with Gasteiger partial charge in [0.15, 0.2) is 5.65 Å². The molecule has 0 saturated carbocycles. The molecule has 2 N–H and O–H groups in total. The Morgan fingerprint density at radius 2 is 2.08 bits per heavy atom. The quantitative estimate of drug-likeness (QED) is 0.437. The highest BCUT2D eigenvalue weighted by Gasteiger charge is 2.12. The maximum atomic E-state index is 12.1. The summed E-state index contributed by atoms with van der Waals surface area (Å²) in [7, 11) is 0. The number of benzene rings is 1. The number of rotatable bonds is 9. The Hall–Kier alpha value is -2.15. The van der Waals surface area contributed by atoms with Crippen molar-refractivity contribution in [1.82, 2.24) is 25.5 Å². The highest BCUT2D eigenvalue weighted by molar-refractivity contribution is 7.99. The lowest BCUT2D eigenvalue weighted by molar-refractivity contribution is -0.119. The summed E-state index contributed by atoms with van der Waals surface area (Å²) in [6.45, 7) is 4.26. The van der Waals surface area contributed by atoms with E-state index in [9.17, 15) is 4.79 Å². The van der Waals surface area contributed by atoms with Gasteiger partial charge in [-0.2, -0.15) is 0 Å². The summed E-state index contributed by atoms with van der Waals surface area (Å²) in [6.07, 6.45) is 5.90. The average Bonchev–Trinajstić information content (AvgIpc) is 3.01. The van der Waals surface area contributed by atoms with Crippen LogP contribution in [0, 0.1) is 0 Å². The van der Waals surface area contributed by atoms with Gasteiger partial charge < -0.3 is 10.3 Å². The van der Waals surface area contributed by atoms with E-state index in [0.717, 1.165) is 29.3 Å². The minimum atomic E-state index is 0.0123. The van der Waals surface area contributed by atoms with Gasteiger partial charge in [0, 0.05) is 16.9 Å². The van der Waals surface area contributed by atoms with Crippen molar-refractivity contribution in [3.63, 3.8) is 0 Å². The number of nitrogens with zero attached hydrogens (tertiary/aromatic N) is 3. The van der Waals surface area contributed by atoms with Crippen LogP contribution in [0.4, 0.5) is 0 Å². The summed E-state index contributed by atoms with van der Waals surface area (Å²) in [4.78, 5) is 19.8. The van der Waals surface area contributed by atoms with Crippen molar-refractivity contribution in [2.45, 2.75) is 57.1 Å². The molecule has 1 aromatic carbocycles. The monoisotopic (exact) mass is 371 g/mol. The van der Waals surface area contributed by atoms with E-state index in [1.807, 2.05) is 24.3 Å². The van der Waals surface area contributed by atoms with Crippen LogP contribution >= 0.6 is 11.8 Å². The Balaban J connectivity index is 1.52. The normalized spacial score (nSPS) is 12.5. The average molecular weight is 372 g/mol. The second kappa shape index (κ2) is 8.98. The lowest BCUT2D eigenvalue weighted by Gasteiger charge is -2.13. The van der Waals surface area contributed by atoms with Gasteiger partial charge in [-0.3, -0.25) is 4.79 Å². The number of para-hydroxylation sites is 1. The second-order valence-corrected chi connectivity index (χ2v) is 7.51. The van der Waals surface area contributed by atoms with E-state index in [1.54, 1.807) is 0 Å². The molecule has 3 rings (SSSR count). The van der Waals surface area contributed by atoms with E-state index < -0.39 is 0 Å². The summed E-state index contributed by atoms with van der Waals surface area (Å²) in [6, 6.07) is 8.12. The summed E-state index contributed by atoms with van der Waals surface area (Å²) < 4.78 is 0. The van der Waals surface area contributed by atoms with Crippen LogP contribution in [0.25, 0.3) is 22.1 Å². The lowest BCUT2D eigenvalue weighted by atomic mass is 10.1. The molecule has 0 aliphatic heterocycles. The van der Waals surface area contributed by atoms with Crippen LogP contribution in [0.5, 0.6) is 0 Å². The smallest absolute Gasteiger partial charge is 0.230 e. The summed E-state index contributed by atoms with van der Waals surface area (Å²) in [5, 5.41) is 13.0. The SMILES string of the molecule is CCCCCC[C@@H](C)NC(=O)CSc1nnc2c(n1)[nH]c1ccccc12. The van der Waals surface area contributed by atoms with Crippen molar-refractivity contribution in [1.29, 1.82) is 0 Å². The van der Waals surface area contributed by atoms with Gasteiger partial charge in [0.25, 0.3) is 0 Å². The third kappa shape index (κ3) is 4.72. The topological polar surface area (TPSA) is 83.6 Å². The van der Waals surface area contributed by atoms with Crippen LogP contribution in [-0.4, -0.2) is 37.9 Å². The number of carbonyl (C=O) groups excluding carboxylic acids is 1. The van der Waals surface area contributed by atoms with E-state index in [4.69, 9.17) is 0 Å². The number of H-pyrrole nitrogens is 1. The highest BCUT2D eigenvalue weighted by Crippen LogP contribution is 2.23. The molecular formula is C19H25N5OS. The molecule has 7 heteroatoms. The molecule has 26 heavy (non-hydrogen) atoms. The number of hydrogen-bond donors (Lipinski definition) is 2. The fourth-order valence-electron chi connectivity index (χ4n) is 2.96. The number of carbonyl (C=O) groups is 1. The third-order valence-corrected chi connectivity index (χ3v) is 5.17. The summed E-state index contributed by atoms with van der Waals surface area (Å²) in [5.74, 6) is 0.311. The van der Waals surface area contributed by atoms with E-state index in [-0.39, 0.29) is 11.9 Å². The second-order valence-electron chi connectivity index (χ2n) is 6.57. The molecular weight excluding hydrogens is 346 g/mol. The molecule has 2 heterocycles. The molecule has 0 unspecified atom stereocenters. The van der Waals surface area contributed by atoms with E-state index in [0.29, 0.717) is 16.6 Å². The molecule has 0 radical (unpaired) electrons. The largest absolute Gasteiger partial charge is 0.353 e. The summed E-state index contributed by atoms with van der Waals surface area (Å²) >= 11 is 1.31. The Bertz CT molecular complexity index is 879. The number of unbranched alkanes of at least 4 members (excludes halogenated alkanes) is 3. The molecule has 0 spiro atoms. The fourth-order valence-corrected chi connectivity index (χ4v) is 3.56. The van der Waals surface area contributed by atoms with E-state index >= 15 is 0 Å². The van der Waals surface area contributed by atoms with Crippen LogP contribution in [0.15, 0.2) is 29.4 Å². The van der Waals surface area contributed by atoms with Crippen LogP contribution in [-0.2, 0) is 4.79 Å². The van der Waals surface area contributed by atoms with Gasteiger partial charge in [-0.15, -0.1) is 10.2 Å². The Morgan fingerprint density at radius 1 is 1.23 bits per heavy atom. The fraction of sp³-hybridized carbons (Fsp3) is 0.474. The van der Waals surface area contributed by atoms with Crippen LogP contribution in [0.1, 0.15) is 46.0 Å². The number of nitrogens with one attached hydrogen (secondary N) is 2. The summed E-state index contributed by atoms with van der Waals surface area (Å²) in [5.41, 5.74) is 2.45. The third-order valence-electron chi connectivity index (χ3n) is 4.33. The molecule has 0 aliphatic rings. The van der Waals surface area contributed by atoms with Crippen LogP contribution in [0.2, 0.25) is 0 Å². The van der Waals surface area contributed by atoms with E-state index in [1.165, 1.54) is 31.0 Å². The van der Waals surface area contributed by atoms with Gasteiger partial charge in [-0.25, -0.2) is 4.98 Å². The molecule has 0 fully saturated rings. The molecule has 0 bridgehead atoms. The number of aromatic amines is 1. The maximum absolute atomic E-state index is 12.1. The predicted molar refractivity (Wildman–Crippen MR) is 106 cm³/mol. The minimum absolute atomic E-state index is 0.0123. The maximum Gasteiger partial charge on any atom is 0.230 e. The zero-order valence-electron chi connectivity index (χ0n) is 15.3. The zero-order valence-corrected chi connectivity index (χ0v) is 16.1. The van der Waals surface area contributed by atoms with Crippen LogP contribution in [0.3, 0.4) is 0 Å². The van der Waals surface area contributed by atoms with Crippen molar-refractivity contribution in [3.05, 3.63) is 24.3 Å². The lowest BCUT2D eigenvalue weighted by Crippen LogP contribution is -2.33. The molecule has 3 aromatic rings. The van der Waals surface area contributed by atoms with Crippen molar-refractivity contribution in [3.8, 4) is 0 Å². The molecule has 0 saturated heterocycles. The van der Waals surface area contributed by atoms with Crippen molar-refractivity contribution >= 4 is 39.7 Å². The first-order valence-electron chi connectivity index (χ1n) is 9.20. The number of hydrogen-bond acceptors (Lipinski definition) is 5. The first-order valence-corrected chi connectivity index (χ1v) is 10.2. The minimum Gasteiger partial charge on any atom is -0.353 e. The molecule has 1 atom stereocenters. The Kier molecular flexibility index (Phi) is 6.44. The van der Waals surface area contributed by atoms with E-state index in [2.05, 4.69) is 39.3 Å². The van der Waals surface area contributed by atoms with Crippen molar-refractivity contribution in [2.75, 3.05) is 5.75 Å². The van der Waals surface area contributed by atoms with Crippen LogP contribution < -0.4 is 5.32 Å². The molecule has 2 aromatic heterocycles. The number of amides is 1. The van der Waals surface area contributed by atoms with Gasteiger partial charge in [-0.05, 0) is 19.4 Å². The van der Waals surface area contributed by atoms with Gasteiger partial charge >= 0.3 is 0 Å². The van der Waals surface area contributed by atoms with Gasteiger partial charge in [0.1, 0.15) is 5.52 Å². The molecule has 1 amide bonds. The standard InChI is InChI=1S/C19H25N5OS/c1-3-4-5-6-9-13(2)20-16(25)12-26-19-22-18-17(23-24-19)14-10-7-8-11-15(14)21-18/h7-8,10-11,13H,3-6,9,12H2,1-2H3,(H,20,25)(H,21,22,24)/t13-/m1/s1. The molecule has 0 aliphatic carbocycles. The zero-order chi connectivity index (χ0) is 18.4. The van der Waals surface area contributed by atoms with Crippen molar-refractivity contribution < 1.29 is 4.79 Å².